The number of aromatic nitrogens is 2. The van der Waals surface area contributed by atoms with Crippen LogP contribution in [0.5, 0.6) is 0 Å². The van der Waals surface area contributed by atoms with Crippen molar-refractivity contribution in [3.05, 3.63) is 59.4 Å². The molecule has 0 bridgehead atoms. The summed E-state index contributed by atoms with van der Waals surface area (Å²) in [6.45, 7) is 2.09. The molecule has 0 amide bonds. The van der Waals surface area contributed by atoms with Gasteiger partial charge in [-0.15, -0.1) is 0 Å². The summed E-state index contributed by atoms with van der Waals surface area (Å²) < 4.78 is 2.14. The smallest absolute Gasteiger partial charge is 0.114 e. The molecule has 2 N–H and O–H groups in total. The Bertz CT molecular complexity index is 741. The molecule has 1 heterocycles. The topological polar surface area (TPSA) is 43.8 Å². The highest BCUT2D eigenvalue weighted by molar-refractivity contribution is 5.77. The Morgan fingerprint density at radius 3 is 2.74 bits per heavy atom. The fourth-order valence-electron chi connectivity index (χ4n) is 2.38. The van der Waals surface area contributed by atoms with E-state index in [0.717, 1.165) is 34.5 Å². The maximum atomic E-state index is 6.00. The lowest BCUT2D eigenvalue weighted by Crippen LogP contribution is -2.01. The van der Waals surface area contributed by atoms with Gasteiger partial charge in [-0.1, -0.05) is 24.3 Å². The average molecular weight is 251 g/mol. The van der Waals surface area contributed by atoms with Crippen LogP contribution in [0.15, 0.2) is 42.5 Å². The van der Waals surface area contributed by atoms with Crippen molar-refractivity contribution in [1.82, 2.24) is 9.55 Å². The van der Waals surface area contributed by atoms with E-state index in [-0.39, 0.29) is 0 Å². The second kappa shape index (κ2) is 4.43. The van der Waals surface area contributed by atoms with Crippen LogP contribution in [0.25, 0.3) is 11.0 Å². The standard InChI is InChI=1S/C16H17N3/c1-11-7-8-15-14(9-11)18-16(19(15)2)10-12-5-3-4-6-13(12)17/h3-9H,10,17H2,1-2H3. The Kier molecular flexibility index (Phi) is 2.75. The first-order valence-electron chi connectivity index (χ1n) is 6.40. The van der Waals surface area contributed by atoms with Crippen molar-refractivity contribution in [2.75, 3.05) is 5.73 Å². The van der Waals surface area contributed by atoms with Gasteiger partial charge in [-0.05, 0) is 36.2 Å². The molecule has 96 valence electrons. The molecular weight excluding hydrogens is 234 g/mol. The van der Waals surface area contributed by atoms with Gasteiger partial charge < -0.3 is 10.3 Å². The van der Waals surface area contributed by atoms with Crippen molar-refractivity contribution in [3.8, 4) is 0 Å². The summed E-state index contributed by atoms with van der Waals surface area (Å²) in [5.41, 5.74) is 11.4. The summed E-state index contributed by atoms with van der Waals surface area (Å²) in [5, 5.41) is 0. The lowest BCUT2D eigenvalue weighted by Gasteiger charge is -2.05. The molecule has 0 aliphatic carbocycles. The summed E-state index contributed by atoms with van der Waals surface area (Å²) >= 11 is 0. The molecule has 0 fully saturated rings. The number of fused-ring (bicyclic) bond motifs is 1. The largest absolute Gasteiger partial charge is 0.398 e. The second-order valence-corrected chi connectivity index (χ2v) is 4.95. The van der Waals surface area contributed by atoms with Gasteiger partial charge in [0.05, 0.1) is 11.0 Å². The first-order chi connectivity index (χ1) is 9.15. The highest BCUT2D eigenvalue weighted by atomic mass is 15.1. The van der Waals surface area contributed by atoms with Crippen molar-refractivity contribution in [2.24, 2.45) is 7.05 Å². The third kappa shape index (κ3) is 2.08. The maximum absolute atomic E-state index is 6.00. The van der Waals surface area contributed by atoms with Crippen LogP contribution in [-0.4, -0.2) is 9.55 Å². The molecule has 0 saturated carbocycles. The Morgan fingerprint density at radius 2 is 1.95 bits per heavy atom. The second-order valence-electron chi connectivity index (χ2n) is 4.95. The molecule has 0 spiro atoms. The highest BCUT2D eigenvalue weighted by Crippen LogP contribution is 2.20. The number of nitrogen functional groups attached to an aromatic ring is 1. The fraction of sp³-hybridized carbons (Fsp3) is 0.188. The maximum Gasteiger partial charge on any atom is 0.114 e. The van der Waals surface area contributed by atoms with Crippen LogP contribution in [0, 0.1) is 6.92 Å². The van der Waals surface area contributed by atoms with Crippen LogP contribution in [0.1, 0.15) is 17.0 Å². The summed E-state index contributed by atoms with van der Waals surface area (Å²) in [5.74, 6) is 1.04. The quantitative estimate of drug-likeness (QED) is 0.711. The van der Waals surface area contributed by atoms with Gasteiger partial charge in [0, 0.05) is 19.2 Å². The molecular formula is C16H17N3. The number of nitrogens with zero attached hydrogens (tertiary/aromatic N) is 2. The molecule has 0 aliphatic rings. The molecule has 1 aromatic heterocycles. The molecule has 3 nitrogen and oxygen atoms in total. The SMILES string of the molecule is Cc1ccc2c(c1)nc(Cc1ccccc1N)n2C. The number of rotatable bonds is 2. The van der Waals surface area contributed by atoms with Crippen LogP contribution in [0.2, 0.25) is 0 Å². The number of imidazole rings is 1. The lowest BCUT2D eigenvalue weighted by molar-refractivity contribution is 0.845. The third-order valence-electron chi connectivity index (χ3n) is 3.53. The van der Waals surface area contributed by atoms with Crippen LogP contribution in [0.4, 0.5) is 5.69 Å². The minimum absolute atomic E-state index is 0.761. The molecule has 0 saturated heterocycles. The van der Waals surface area contributed by atoms with E-state index in [0.29, 0.717) is 0 Å². The zero-order valence-corrected chi connectivity index (χ0v) is 11.2. The third-order valence-corrected chi connectivity index (χ3v) is 3.53. The van der Waals surface area contributed by atoms with Gasteiger partial charge in [-0.3, -0.25) is 0 Å². The van der Waals surface area contributed by atoms with E-state index >= 15 is 0 Å². The van der Waals surface area contributed by atoms with Crippen LogP contribution < -0.4 is 5.73 Å². The van der Waals surface area contributed by atoms with Gasteiger partial charge in [-0.25, -0.2) is 4.98 Å². The van der Waals surface area contributed by atoms with E-state index < -0.39 is 0 Å². The number of aryl methyl sites for hydroxylation is 2. The van der Waals surface area contributed by atoms with Crippen molar-refractivity contribution < 1.29 is 0 Å². The molecule has 0 radical (unpaired) electrons. The van der Waals surface area contributed by atoms with Gasteiger partial charge in [-0.2, -0.15) is 0 Å². The summed E-state index contributed by atoms with van der Waals surface area (Å²) in [4.78, 5) is 4.72. The molecule has 19 heavy (non-hydrogen) atoms. The van der Waals surface area contributed by atoms with Gasteiger partial charge >= 0.3 is 0 Å². The van der Waals surface area contributed by atoms with Crippen molar-refractivity contribution in [2.45, 2.75) is 13.3 Å². The zero-order valence-electron chi connectivity index (χ0n) is 11.2. The predicted molar refractivity (Wildman–Crippen MR) is 79.1 cm³/mol. The average Bonchev–Trinajstić information content (AvgIpc) is 2.68. The highest BCUT2D eigenvalue weighted by Gasteiger charge is 2.09. The van der Waals surface area contributed by atoms with Crippen LogP contribution in [-0.2, 0) is 13.5 Å². The Labute approximate surface area is 112 Å². The normalized spacial score (nSPS) is 11.1. The minimum Gasteiger partial charge on any atom is -0.398 e. The first kappa shape index (κ1) is 11.8. The molecule has 3 heteroatoms. The number of hydrogen-bond donors (Lipinski definition) is 1. The molecule has 2 aromatic carbocycles. The molecule has 0 aliphatic heterocycles. The minimum atomic E-state index is 0.761. The lowest BCUT2D eigenvalue weighted by atomic mass is 10.1. The number of hydrogen-bond acceptors (Lipinski definition) is 2. The monoisotopic (exact) mass is 251 g/mol. The van der Waals surface area contributed by atoms with E-state index in [1.807, 2.05) is 18.2 Å². The first-order valence-corrected chi connectivity index (χ1v) is 6.40. The van der Waals surface area contributed by atoms with E-state index in [1.165, 1.54) is 5.56 Å². The van der Waals surface area contributed by atoms with Crippen molar-refractivity contribution in [3.63, 3.8) is 0 Å². The predicted octanol–water partition coefficient (Wildman–Crippen LogP) is 3.05. The molecule has 3 aromatic rings. The van der Waals surface area contributed by atoms with Gasteiger partial charge in [0.15, 0.2) is 0 Å². The molecule has 0 unspecified atom stereocenters. The van der Waals surface area contributed by atoms with Gasteiger partial charge in [0.25, 0.3) is 0 Å². The van der Waals surface area contributed by atoms with E-state index in [9.17, 15) is 0 Å². The summed E-state index contributed by atoms with van der Waals surface area (Å²) in [7, 11) is 2.05. The number of nitrogens with two attached hydrogens (primary N) is 1. The van der Waals surface area contributed by atoms with Crippen molar-refractivity contribution in [1.29, 1.82) is 0 Å². The fourth-order valence-corrected chi connectivity index (χ4v) is 2.38. The Hall–Kier alpha value is -2.29. The number of anilines is 1. The van der Waals surface area contributed by atoms with Gasteiger partial charge in [0.1, 0.15) is 5.82 Å². The van der Waals surface area contributed by atoms with E-state index in [2.05, 4.69) is 42.8 Å². The van der Waals surface area contributed by atoms with E-state index in [1.54, 1.807) is 0 Å². The zero-order chi connectivity index (χ0) is 13.4. The van der Waals surface area contributed by atoms with Gasteiger partial charge in [0.2, 0.25) is 0 Å². The van der Waals surface area contributed by atoms with Crippen LogP contribution >= 0.6 is 0 Å². The number of benzene rings is 2. The summed E-state index contributed by atoms with van der Waals surface area (Å²) in [6.07, 6.45) is 0.761. The molecule has 3 rings (SSSR count). The molecule has 0 atom stereocenters. The summed E-state index contributed by atoms with van der Waals surface area (Å²) in [6, 6.07) is 14.3. The van der Waals surface area contributed by atoms with E-state index in [4.69, 9.17) is 10.7 Å². The Balaban J connectivity index is 2.06. The van der Waals surface area contributed by atoms with Crippen molar-refractivity contribution >= 4 is 16.7 Å². The Morgan fingerprint density at radius 1 is 1.16 bits per heavy atom. The number of para-hydroxylation sites is 1. The van der Waals surface area contributed by atoms with Crippen LogP contribution in [0.3, 0.4) is 0 Å².